The summed E-state index contributed by atoms with van der Waals surface area (Å²) in [4.78, 5) is 14.1. The molecule has 1 amide bonds. The number of carbonyl (C=O) groups is 1. The molecule has 1 aliphatic heterocycles. The van der Waals surface area contributed by atoms with Crippen molar-refractivity contribution < 1.29 is 13.2 Å². The van der Waals surface area contributed by atoms with Crippen LogP contribution in [-0.4, -0.2) is 44.6 Å². The van der Waals surface area contributed by atoms with Gasteiger partial charge in [-0.05, 0) is 30.7 Å². The molecular weight excluding hydrogens is 284 g/mol. The summed E-state index contributed by atoms with van der Waals surface area (Å²) in [6.07, 6.45) is 3.99. The fourth-order valence-electron chi connectivity index (χ4n) is 2.28. The maximum absolute atomic E-state index is 12.4. The number of nitrogens with zero attached hydrogens (tertiary/aromatic N) is 1. The minimum absolute atomic E-state index is 0.00116. The molecule has 1 fully saturated rings. The van der Waals surface area contributed by atoms with Gasteiger partial charge >= 0.3 is 0 Å². The Labute approximate surface area is 117 Å². The first-order valence-corrected chi connectivity index (χ1v) is 9.08. The fraction of sp³-hybridized carbons (Fsp3) is 0.583. The van der Waals surface area contributed by atoms with E-state index in [0.717, 1.165) is 25.5 Å². The van der Waals surface area contributed by atoms with E-state index in [1.807, 2.05) is 16.8 Å². The number of rotatable bonds is 4. The van der Waals surface area contributed by atoms with E-state index in [1.54, 1.807) is 4.90 Å². The van der Waals surface area contributed by atoms with Crippen molar-refractivity contribution in [1.29, 1.82) is 0 Å². The third-order valence-corrected chi connectivity index (χ3v) is 4.61. The maximum atomic E-state index is 12.4. The number of piperidine rings is 1. The molecule has 1 saturated heterocycles. The second-order valence-corrected chi connectivity index (χ2v) is 7.39. The smallest absolute Gasteiger partial charge is 0.254 e. The number of hydrogen-bond acceptors (Lipinski definition) is 4. The molecule has 2 heterocycles. The summed E-state index contributed by atoms with van der Waals surface area (Å²) in [7, 11) is -3.21. The van der Waals surface area contributed by atoms with Gasteiger partial charge in [-0.1, -0.05) is 0 Å². The summed E-state index contributed by atoms with van der Waals surface area (Å²) in [5.74, 6) is 0.00116. The highest BCUT2D eigenvalue weighted by molar-refractivity contribution is 7.88. The molecule has 0 bridgehead atoms. The predicted octanol–water partition coefficient (Wildman–Crippen LogP) is 1.29. The molecule has 1 aliphatic rings. The lowest BCUT2D eigenvalue weighted by atomic mass is 10.0. The molecule has 2 rings (SSSR count). The molecule has 106 valence electrons. The Kier molecular flexibility index (Phi) is 4.59. The van der Waals surface area contributed by atoms with Gasteiger partial charge in [0.25, 0.3) is 5.91 Å². The standard InChI is InChI=1S/C12H18N2O3S2/c1-19(16,17)13-8-11-4-2-3-6-14(11)12(15)10-5-7-18-9-10/h5,7,9,11,13H,2-4,6,8H2,1H3/t11-/m1/s1. The number of carbonyl (C=O) groups excluding carboxylic acids is 1. The van der Waals surface area contributed by atoms with Gasteiger partial charge in [-0.15, -0.1) is 0 Å². The molecule has 1 N–H and O–H groups in total. The van der Waals surface area contributed by atoms with Crippen LogP contribution < -0.4 is 4.72 Å². The van der Waals surface area contributed by atoms with Crippen LogP contribution in [0.2, 0.25) is 0 Å². The molecule has 0 aliphatic carbocycles. The van der Waals surface area contributed by atoms with Crippen molar-refractivity contribution in [3.63, 3.8) is 0 Å². The molecule has 19 heavy (non-hydrogen) atoms. The number of nitrogens with one attached hydrogen (secondary N) is 1. The summed E-state index contributed by atoms with van der Waals surface area (Å²) >= 11 is 1.49. The van der Waals surface area contributed by atoms with Crippen LogP contribution in [-0.2, 0) is 10.0 Å². The third kappa shape index (κ3) is 4.02. The SMILES string of the molecule is CS(=O)(=O)NC[C@H]1CCCCN1C(=O)c1ccsc1. The minimum atomic E-state index is -3.21. The maximum Gasteiger partial charge on any atom is 0.254 e. The van der Waals surface area contributed by atoms with Crippen LogP contribution in [0.3, 0.4) is 0 Å². The largest absolute Gasteiger partial charge is 0.334 e. The van der Waals surface area contributed by atoms with E-state index in [2.05, 4.69) is 4.72 Å². The normalized spacial score (nSPS) is 20.5. The topological polar surface area (TPSA) is 66.5 Å². The first kappa shape index (κ1) is 14.5. The summed E-state index contributed by atoms with van der Waals surface area (Å²) < 4.78 is 24.8. The summed E-state index contributed by atoms with van der Waals surface area (Å²) in [6.45, 7) is 1.000. The molecule has 1 atom stereocenters. The number of thiophene rings is 1. The van der Waals surface area contributed by atoms with Crippen molar-refractivity contribution >= 4 is 27.3 Å². The van der Waals surface area contributed by atoms with E-state index >= 15 is 0 Å². The molecule has 5 nitrogen and oxygen atoms in total. The van der Waals surface area contributed by atoms with Crippen molar-refractivity contribution in [3.8, 4) is 0 Å². The van der Waals surface area contributed by atoms with Gasteiger partial charge in [0.2, 0.25) is 10.0 Å². The van der Waals surface area contributed by atoms with Gasteiger partial charge in [-0.25, -0.2) is 13.1 Å². The lowest BCUT2D eigenvalue weighted by Gasteiger charge is -2.35. The Hall–Kier alpha value is -0.920. The van der Waals surface area contributed by atoms with E-state index < -0.39 is 10.0 Å². The van der Waals surface area contributed by atoms with Crippen molar-refractivity contribution in [2.75, 3.05) is 19.3 Å². The van der Waals surface area contributed by atoms with Gasteiger partial charge in [0, 0.05) is 24.5 Å². The molecule has 0 unspecified atom stereocenters. The van der Waals surface area contributed by atoms with Gasteiger partial charge in [0.05, 0.1) is 11.8 Å². The Bertz CT molecular complexity index is 525. The van der Waals surface area contributed by atoms with E-state index in [4.69, 9.17) is 0 Å². The molecule has 7 heteroatoms. The summed E-state index contributed by atoms with van der Waals surface area (Å²) in [6, 6.07) is 1.76. The zero-order valence-corrected chi connectivity index (χ0v) is 12.5. The average Bonchev–Trinajstić information content (AvgIpc) is 2.89. The number of amides is 1. The Morgan fingerprint density at radius 3 is 2.95 bits per heavy atom. The molecule has 1 aromatic heterocycles. The molecule has 0 aromatic carbocycles. The van der Waals surface area contributed by atoms with E-state index in [1.165, 1.54) is 11.3 Å². The Morgan fingerprint density at radius 1 is 1.53 bits per heavy atom. The monoisotopic (exact) mass is 302 g/mol. The van der Waals surface area contributed by atoms with Gasteiger partial charge in [0.1, 0.15) is 0 Å². The van der Waals surface area contributed by atoms with Crippen LogP contribution in [0.4, 0.5) is 0 Å². The number of likely N-dealkylation sites (tertiary alicyclic amines) is 1. The first-order chi connectivity index (χ1) is 8.97. The zero-order valence-electron chi connectivity index (χ0n) is 10.8. The van der Waals surface area contributed by atoms with Gasteiger partial charge in [-0.3, -0.25) is 4.79 Å². The summed E-state index contributed by atoms with van der Waals surface area (Å²) in [5, 5.41) is 3.71. The Balaban J connectivity index is 2.05. The number of hydrogen-bond donors (Lipinski definition) is 1. The lowest BCUT2D eigenvalue weighted by molar-refractivity contribution is 0.0619. The number of sulfonamides is 1. The minimum Gasteiger partial charge on any atom is -0.334 e. The van der Waals surface area contributed by atoms with Crippen LogP contribution in [0.1, 0.15) is 29.6 Å². The highest BCUT2D eigenvalue weighted by atomic mass is 32.2. The lowest BCUT2D eigenvalue weighted by Crippen LogP contribution is -2.49. The predicted molar refractivity (Wildman–Crippen MR) is 75.8 cm³/mol. The van der Waals surface area contributed by atoms with Gasteiger partial charge < -0.3 is 4.90 Å². The van der Waals surface area contributed by atoms with Crippen LogP contribution in [0.15, 0.2) is 16.8 Å². The van der Waals surface area contributed by atoms with Crippen molar-refractivity contribution in [2.45, 2.75) is 25.3 Å². The molecular formula is C12H18N2O3S2. The molecule has 0 radical (unpaired) electrons. The van der Waals surface area contributed by atoms with Gasteiger partial charge in [0.15, 0.2) is 0 Å². The van der Waals surface area contributed by atoms with Crippen LogP contribution in [0.5, 0.6) is 0 Å². The molecule has 0 saturated carbocycles. The highest BCUT2D eigenvalue weighted by Gasteiger charge is 2.28. The first-order valence-electron chi connectivity index (χ1n) is 6.25. The zero-order chi connectivity index (χ0) is 13.9. The summed E-state index contributed by atoms with van der Waals surface area (Å²) in [5.41, 5.74) is 0.691. The van der Waals surface area contributed by atoms with Crippen LogP contribution >= 0.6 is 11.3 Å². The van der Waals surface area contributed by atoms with Crippen molar-refractivity contribution in [1.82, 2.24) is 9.62 Å². The van der Waals surface area contributed by atoms with Gasteiger partial charge in [-0.2, -0.15) is 11.3 Å². The molecule has 1 aromatic rings. The molecule has 0 spiro atoms. The van der Waals surface area contributed by atoms with Crippen LogP contribution in [0, 0.1) is 0 Å². The second-order valence-electron chi connectivity index (χ2n) is 4.78. The highest BCUT2D eigenvalue weighted by Crippen LogP contribution is 2.20. The fourth-order valence-corrected chi connectivity index (χ4v) is 3.40. The van der Waals surface area contributed by atoms with E-state index in [0.29, 0.717) is 18.7 Å². The van der Waals surface area contributed by atoms with Crippen molar-refractivity contribution in [2.24, 2.45) is 0 Å². The third-order valence-electron chi connectivity index (χ3n) is 3.24. The van der Waals surface area contributed by atoms with E-state index in [-0.39, 0.29) is 11.9 Å². The average molecular weight is 302 g/mol. The Morgan fingerprint density at radius 2 is 2.32 bits per heavy atom. The van der Waals surface area contributed by atoms with Crippen molar-refractivity contribution in [3.05, 3.63) is 22.4 Å². The van der Waals surface area contributed by atoms with E-state index in [9.17, 15) is 13.2 Å². The quantitative estimate of drug-likeness (QED) is 0.911. The van der Waals surface area contributed by atoms with Crippen LogP contribution in [0.25, 0.3) is 0 Å². The second kappa shape index (κ2) is 6.02.